The Morgan fingerprint density at radius 3 is 1.00 bits per heavy atom. The molecule has 0 fully saturated rings. The van der Waals surface area contributed by atoms with Gasteiger partial charge in [-0.05, 0) is 74.9 Å². The standard InChI is InChI=1S/2C27H33N4O6.C16H22NO3.C11H13N3O4.3Y/c2*1-4-37-25(35)11-18(24-7-16(2)5-6-17(24)3)9-22(33)13-28-26(36)19-8-20(12-21(32)10-19)31-27-29-14-23(34)15-30-27;1-4-20-16(19)9-13(8-14(18)10-17)15-7-11(2)5-6-12(15)3;15-8-2-6(10(17)18)1-7(3-8)14-11-12-4-9(16)5-13-11;;;/h2*5,7-8,10,12,18,23,32,34H,4,9,11,13-15H2,1-3H3,(H,28,36)(H2,29,30,31);5,7,13H,4,8-10,17H2,1-3H3;1-3,9,15-16H,4-5H2,(H,17,18)(H2,12,13,14);;;/q3*-1;;;;. The number of amides is 2. The number of carboxylic acids is 1. The summed E-state index contributed by atoms with van der Waals surface area (Å²) >= 11 is 0. The number of aryl methyl sites for hydroxylation is 6. The summed E-state index contributed by atoms with van der Waals surface area (Å²) in [6, 6.07) is 33.3. The normalized spacial score (nSPS) is 15.1. The summed E-state index contributed by atoms with van der Waals surface area (Å²) in [5.74, 6) is -4.00. The number of carbonyl (C=O) groups is 9. The molecule has 0 aromatic heterocycles. The Balaban J connectivity index is 0.000000411. The molecule has 6 unspecified atom stereocenters. The number of carbonyl (C=O) groups excluding carboxylic acids is 8. The predicted octanol–water partition coefficient (Wildman–Crippen LogP) is 5.81. The second-order valence-corrected chi connectivity index (χ2v) is 26.8. The van der Waals surface area contributed by atoms with Crippen molar-refractivity contribution in [3.63, 3.8) is 0 Å². The van der Waals surface area contributed by atoms with Gasteiger partial charge in [-0.1, -0.05) is 41.5 Å². The van der Waals surface area contributed by atoms with Crippen LogP contribution in [-0.2, 0) is 141 Å². The van der Waals surface area contributed by atoms with E-state index in [1.165, 1.54) is 48.5 Å². The molecule has 3 radical (unpaired) electrons. The second-order valence-electron chi connectivity index (χ2n) is 26.8. The summed E-state index contributed by atoms with van der Waals surface area (Å²) in [7, 11) is 0. The van der Waals surface area contributed by atoms with Gasteiger partial charge in [0.2, 0.25) is 0 Å². The van der Waals surface area contributed by atoms with Crippen LogP contribution >= 0.6 is 0 Å². The molecule has 0 bridgehead atoms. The molecule has 611 valence electrons. The summed E-state index contributed by atoms with van der Waals surface area (Å²) in [6.45, 7) is 18.9. The van der Waals surface area contributed by atoms with Gasteiger partial charge in [0.25, 0.3) is 11.8 Å². The molecule has 31 nitrogen and oxygen atoms in total. The van der Waals surface area contributed by atoms with Crippen molar-refractivity contribution in [3.05, 3.63) is 176 Å². The number of rotatable bonds is 29. The Morgan fingerprint density at radius 2 is 0.730 bits per heavy atom. The number of ether oxygens (including phenoxy) is 3. The van der Waals surface area contributed by atoms with E-state index in [1.807, 2.05) is 77.9 Å². The summed E-state index contributed by atoms with van der Waals surface area (Å²) < 4.78 is 15.2. The van der Waals surface area contributed by atoms with Gasteiger partial charge in [-0.15, -0.1) is 16.7 Å². The van der Waals surface area contributed by atoms with Gasteiger partial charge in [0.1, 0.15) is 23.0 Å². The van der Waals surface area contributed by atoms with E-state index in [0.717, 1.165) is 56.1 Å². The Morgan fingerprint density at radius 1 is 0.443 bits per heavy atom. The maximum atomic E-state index is 12.8. The number of Topliss-reactive ketones (excluding diaryl/α,β-unsaturated/α-hetero) is 3. The van der Waals surface area contributed by atoms with Crippen LogP contribution in [0.1, 0.15) is 158 Å². The number of hydrogen-bond donors (Lipinski definition) is 16. The summed E-state index contributed by atoms with van der Waals surface area (Å²) in [5.41, 5.74) is 15.2. The minimum Gasteiger partial charge on any atom is -0.508 e. The Labute approximate surface area is 744 Å². The van der Waals surface area contributed by atoms with Crippen LogP contribution in [0.2, 0.25) is 0 Å². The van der Waals surface area contributed by atoms with E-state index >= 15 is 0 Å². The number of nitrogens with two attached hydrogens (primary N) is 1. The molecule has 9 rings (SSSR count). The molecule has 3 heterocycles. The number of carboxylic acid groups (broad SMARTS) is 1. The number of nitrogens with zero attached hydrogens (tertiary/aromatic N) is 3. The number of aliphatic hydroxyl groups is 3. The minimum absolute atomic E-state index is 0. The van der Waals surface area contributed by atoms with Crippen LogP contribution in [-0.4, -0.2) is 204 Å². The molecule has 0 saturated carbocycles. The van der Waals surface area contributed by atoms with Crippen molar-refractivity contribution in [2.24, 2.45) is 20.7 Å². The molecule has 17 N–H and O–H groups in total. The zero-order valence-electron chi connectivity index (χ0n) is 66.0. The topological polar surface area (TPSA) is 482 Å². The number of aliphatic hydroxyl groups excluding tert-OH is 3. The average molecular weight is 1810 g/mol. The fourth-order valence-corrected chi connectivity index (χ4v) is 11.8. The van der Waals surface area contributed by atoms with Gasteiger partial charge in [0.05, 0.1) is 83.0 Å². The molecule has 3 aliphatic heterocycles. The van der Waals surface area contributed by atoms with Crippen LogP contribution in [0.5, 0.6) is 17.2 Å². The number of aliphatic imine (C=N–C) groups is 3. The van der Waals surface area contributed by atoms with Crippen molar-refractivity contribution in [1.29, 1.82) is 0 Å². The number of guanidine groups is 3. The third-order valence-electron chi connectivity index (χ3n) is 17.2. The predicted molar refractivity (Wildman–Crippen MR) is 420 cm³/mol. The Hall–Kier alpha value is -8.49. The molecule has 0 aliphatic carbocycles. The minimum atomic E-state index is -1.12. The van der Waals surface area contributed by atoms with Gasteiger partial charge in [-0.2, -0.15) is 88.0 Å². The van der Waals surface area contributed by atoms with Crippen LogP contribution in [0.4, 0.5) is 17.1 Å². The van der Waals surface area contributed by atoms with Crippen molar-refractivity contribution in [3.8, 4) is 17.2 Å². The number of esters is 3. The molecule has 6 aromatic carbocycles. The number of aromatic hydroxyl groups is 3. The summed E-state index contributed by atoms with van der Waals surface area (Å²) in [4.78, 5) is 122. The van der Waals surface area contributed by atoms with Crippen molar-refractivity contribution < 1.29 is 191 Å². The number of phenolic OH excluding ortho intramolecular Hbond substituents is 3. The maximum Gasteiger partial charge on any atom is 0.335 e. The first-order valence-electron chi connectivity index (χ1n) is 36.5. The molecule has 3 aliphatic rings. The molecule has 6 atom stereocenters. The Bertz CT molecular complexity index is 4230. The van der Waals surface area contributed by atoms with E-state index in [0.29, 0.717) is 61.2 Å². The number of β-amino-alcohol motifs (C(OH)–C–C–N with tert-alkyl or cyclic N) is 3. The van der Waals surface area contributed by atoms with Crippen molar-refractivity contribution in [2.45, 2.75) is 137 Å². The van der Waals surface area contributed by atoms with Crippen LogP contribution in [0, 0.1) is 59.7 Å². The molecule has 0 saturated heterocycles. The molecule has 34 heteroatoms. The fourth-order valence-electron chi connectivity index (χ4n) is 11.8. The first kappa shape index (κ1) is 101. The van der Waals surface area contributed by atoms with E-state index in [9.17, 15) is 73.8 Å². The van der Waals surface area contributed by atoms with E-state index in [1.54, 1.807) is 20.8 Å². The van der Waals surface area contributed by atoms with E-state index in [4.69, 9.17) is 25.1 Å². The van der Waals surface area contributed by atoms with Gasteiger partial charge in [0.15, 0.2) is 29.4 Å². The van der Waals surface area contributed by atoms with Crippen LogP contribution in [0.15, 0.2) is 106 Å². The number of aromatic carboxylic acids is 1. The zero-order chi connectivity index (χ0) is 82.1. The molecule has 0 spiro atoms. The number of phenols is 3. The average Bonchev–Trinajstić information content (AvgIpc) is 0.862. The number of anilines is 3. The molecule has 6 aromatic rings. The fraction of sp³-hybridized carbons (Fsp3) is 0.407. The number of nitrogens with one attached hydrogen (secondary N) is 8. The van der Waals surface area contributed by atoms with Gasteiger partial charge in [-0.25, -0.2) is 4.79 Å². The zero-order valence-corrected chi connectivity index (χ0v) is 74.5. The summed E-state index contributed by atoms with van der Waals surface area (Å²) in [6.07, 6.45) is -1.04. The van der Waals surface area contributed by atoms with Crippen molar-refractivity contribution in [1.82, 2.24) is 26.6 Å². The quantitative estimate of drug-likeness (QED) is 0.0150. The summed E-state index contributed by atoms with van der Waals surface area (Å²) in [5, 5.41) is 89.3. The van der Waals surface area contributed by atoms with Crippen molar-refractivity contribution in [2.75, 3.05) is 94.7 Å². The van der Waals surface area contributed by atoms with Crippen LogP contribution < -0.4 is 48.3 Å². The van der Waals surface area contributed by atoms with Crippen LogP contribution in [0.3, 0.4) is 0 Å². The number of benzene rings is 6. The molecular weight excluding hydrogens is 1710 g/mol. The monoisotopic (exact) mass is 1810 g/mol. The maximum absolute atomic E-state index is 12.8. The van der Waals surface area contributed by atoms with Gasteiger partial charge in [-0.3, -0.25) is 53.3 Å². The first-order chi connectivity index (χ1) is 53.3. The van der Waals surface area contributed by atoms with Gasteiger partial charge >= 0.3 is 23.9 Å². The third kappa shape index (κ3) is 35.9. The molecule has 115 heavy (non-hydrogen) atoms. The third-order valence-corrected chi connectivity index (χ3v) is 17.2. The second kappa shape index (κ2) is 51.6. The van der Waals surface area contributed by atoms with E-state index < -0.39 is 59.9 Å². The largest absolute Gasteiger partial charge is 0.508 e. The van der Waals surface area contributed by atoms with E-state index in [2.05, 4.69) is 75.7 Å². The smallest absolute Gasteiger partial charge is 0.335 e. The molecular formula is C81H101N12O19Y3-3. The SMILES string of the molecule is CCOC(=O)CC(CC(=O)CN)c1cc(C)c[c-]c1C.CCOC(=O)CC(CC(=O)CNC(=O)c1cc(O)cc(NC2=NCC(O)CN2)c1)c1cc(C)c[c-]c1C.CCOC(=O)CC(CC(=O)CNC(=O)c1cc(O)cc(NC2=NCC(O)CN2)c1)c1cc(C)c[c-]c1C.O=C(O)c1cc(O)cc(NC2=NCC(O)CN2)c1.[Y].[Y].[Y]. The van der Waals surface area contributed by atoms with Gasteiger partial charge in [0, 0.05) is 203 Å². The van der Waals surface area contributed by atoms with Crippen molar-refractivity contribution >= 4 is 88.0 Å². The van der Waals surface area contributed by atoms with Gasteiger partial charge < -0.3 is 98.2 Å². The number of ketones is 3. The molecule has 2 amide bonds. The van der Waals surface area contributed by atoms with E-state index in [-0.39, 0.29) is 252 Å². The number of hydrogen-bond acceptors (Lipinski definition) is 28. The first-order valence-corrected chi connectivity index (χ1v) is 36.5. The van der Waals surface area contributed by atoms with Crippen LogP contribution in [0.25, 0.3) is 0 Å². The Kier molecular flexibility index (Phi) is 45.1.